The van der Waals surface area contributed by atoms with Crippen LogP contribution in [0.3, 0.4) is 0 Å². The lowest BCUT2D eigenvalue weighted by atomic mass is 10.2. The first-order valence-corrected chi connectivity index (χ1v) is 7.01. The van der Waals surface area contributed by atoms with Crippen LogP contribution in [-0.4, -0.2) is 30.5 Å². The summed E-state index contributed by atoms with van der Waals surface area (Å²) < 4.78 is 16.8. The van der Waals surface area contributed by atoms with Crippen molar-refractivity contribution < 1.29 is 19.3 Å². The minimum absolute atomic E-state index is 0.0165. The van der Waals surface area contributed by atoms with Gasteiger partial charge in [-0.15, -0.1) is 0 Å². The molecule has 4 nitrogen and oxygen atoms in total. The molecular formula is C17H18O4. The molecule has 1 aliphatic rings. The number of hydrogen-bond donors (Lipinski definition) is 1. The van der Waals surface area contributed by atoms with Crippen molar-refractivity contribution in [1.82, 2.24) is 0 Å². The van der Waals surface area contributed by atoms with E-state index in [-0.39, 0.29) is 18.8 Å². The van der Waals surface area contributed by atoms with Crippen molar-refractivity contribution in [2.75, 3.05) is 13.2 Å². The summed E-state index contributed by atoms with van der Waals surface area (Å²) in [5.74, 6) is 1.41. The van der Waals surface area contributed by atoms with E-state index in [1.54, 1.807) is 0 Å². The number of ether oxygens (including phenoxy) is 3. The Bertz CT molecular complexity index is 570. The van der Waals surface area contributed by atoms with E-state index in [1.807, 2.05) is 54.6 Å². The molecule has 0 aliphatic carbocycles. The first-order chi connectivity index (χ1) is 10.4. The lowest BCUT2D eigenvalue weighted by Crippen LogP contribution is -2.10. The smallest absolute Gasteiger partial charge is 0.161 e. The van der Waals surface area contributed by atoms with Crippen molar-refractivity contribution in [3.63, 3.8) is 0 Å². The highest BCUT2D eigenvalue weighted by Gasteiger charge is 2.38. The summed E-state index contributed by atoms with van der Waals surface area (Å²) in [6.07, 6.45) is -0.0976. The van der Waals surface area contributed by atoms with Crippen LogP contribution in [0.2, 0.25) is 0 Å². The largest absolute Gasteiger partial charge is 0.487 e. The van der Waals surface area contributed by atoms with Crippen LogP contribution in [0.4, 0.5) is 0 Å². The lowest BCUT2D eigenvalue weighted by molar-refractivity contribution is 0.226. The van der Waals surface area contributed by atoms with Crippen LogP contribution >= 0.6 is 0 Å². The highest BCUT2D eigenvalue weighted by molar-refractivity contribution is 5.39. The fourth-order valence-corrected chi connectivity index (χ4v) is 2.08. The molecule has 21 heavy (non-hydrogen) atoms. The van der Waals surface area contributed by atoms with E-state index in [1.165, 1.54) is 0 Å². The van der Waals surface area contributed by atoms with Crippen LogP contribution in [-0.2, 0) is 11.3 Å². The third-order valence-corrected chi connectivity index (χ3v) is 3.36. The second-order valence-electron chi connectivity index (χ2n) is 4.93. The Labute approximate surface area is 123 Å². The van der Waals surface area contributed by atoms with Crippen molar-refractivity contribution in [2.45, 2.75) is 18.8 Å². The van der Waals surface area contributed by atoms with Gasteiger partial charge in [-0.3, -0.25) is 0 Å². The van der Waals surface area contributed by atoms with Crippen LogP contribution in [0, 0.1) is 0 Å². The van der Waals surface area contributed by atoms with Gasteiger partial charge in [0.25, 0.3) is 0 Å². The molecule has 110 valence electrons. The summed E-state index contributed by atoms with van der Waals surface area (Å²) in [7, 11) is 0. The number of hydrogen-bond acceptors (Lipinski definition) is 4. The van der Waals surface area contributed by atoms with Gasteiger partial charge in [0, 0.05) is 0 Å². The highest BCUT2D eigenvalue weighted by atomic mass is 16.6. The van der Waals surface area contributed by atoms with Gasteiger partial charge in [-0.05, 0) is 17.7 Å². The van der Waals surface area contributed by atoms with Crippen molar-refractivity contribution in [2.24, 2.45) is 0 Å². The molecule has 2 aromatic carbocycles. The van der Waals surface area contributed by atoms with Crippen LogP contribution < -0.4 is 9.47 Å². The molecule has 0 unspecified atom stereocenters. The van der Waals surface area contributed by atoms with Gasteiger partial charge in [0.2, 0.25) is 0 Å². The molecule has 1 saturated heterocycles. The van der Waals surface area contributed by atoms with E-state index in [9.17, 15) is 0 Å². The molecule has 2 atom stereocenters. The standard InChI is InChI=1S/C17H18O4/c18-10-16-17(21-16)12-20-15-9-5-4-8-14(15)19-11-13-6-2-1-3-7-13/h1-9,16-18H,10-12H2/t16-,17-/m0/s1. The molecule has 0 spiro atoms. The quantitative estimate of drug-likeness (QED) is 0.794. The molecule has 0 aromatic heterocycles. The Hall–Kier alpha value is -2.04. The molecule has 0 radical (unpaired) electrons. The van der Waals surface area contributed by atoms with Crippen LogP contribution in [0.15, 0.2) is 54.6 Å². The molecule has 0 bridgehead atoms. The van der Waals surface area contributed by atoms with Gasteiger partial charge < -0.3 is 19.3 Å². The van der Waals surface area contributed by atoms with Crippen molar-refractivity contribution in [3.05, 3.63) is 60.2 Å². The van der Waals surface area contributed by atoms with E-state index in [0.717, 1.165) is 5.56 Å². The number of aliphatic hydroxyl groups is 1. The summed E-state index contributed by atoms with van der Waals surface area (Å²) in [5.41, 5.74) is 1.11. The maximum Gasteiger partial charge on any atom is 0.161 e. The van der Waals surface area contributed by atoms with Crippen LogP contribution in [0.1, 0.15) is 5.56 Å². The number of benzene rings is 2. The summed E-state index contributed by atoms with van der Waals surface area (Å²) in [4.78, 5) is 0. The Kier molecular flexibility index (Phi) is 4.38. The zero-order valence-corrected chi connectivity index (χ0v) is 11.6. The first-order valence-electron chi connectivity index (χ1n) is 7.01. The molecule has 1 fully saturated rings. The monoisotopic (exact) mass is 286 g/mol. The minimum atomic E-state index is -0.0811. The number of rotatable bonds is 7. The maximum atomic E-state index is 8.93. The van der Waals surface area contributed by atoms with Gasteiger partial charge in [0.1, 0.15) is 25.4 Å². The van der Waals surface area contributed by atoms with Gasteiger partial charge in [-0.2, -0.15) is 0 Å². The van der Waals surface area contributed by atoms with E-state index in [4.69, 9.17) is 19.3 Å². The first kappa shape index (κ1) is 13.9. The number of epoxide rings is 1. The number of para-hydroxylation sites is 2. The van der Waals surface area contributed by atoms with Gasteiger partial charge in [-0.1, -0.05) is 42.5 Å². The Morgan fingerprint density at radius 3 is 2.19 bits per heavy atom. The normalized spacial score (nSPS) is 20.0. The third-order valence-electron chi connectivity index (χ3n) is 3.36. The van der Waals surface area contributed by atoms with Gasteiger partial charge in [0.15, 0.2) is 11.5 Å². The molecule has 2 aromatic rings. The Morgan fingerprint density at radius 2 is 1.52 bits per heavy atom. The zero-order valence-electron chi connectivity index (χ0n) is 11.6. The minimum Gasteiger partial charge on any atom is -0.487 e. The predicted molar refractivity (Wildman–Crippen MR) is 78.5 cm³/mol. The van der Waals surface area contributed by atoms with E-state index in [2.05, 4.69) is 0 Å². The molecule has 1 heterocycles. The van der Waals surface area contributed by atoms with Crippen LogP contribution in [0.25, 0.3) is 0 Å². The second-order valence-corrected chi connectivity index (χ2v) is 4.93. The lowest BCUT2D eigenvalue weighted by Gasteiger charge is -2.12. The van der Waals surface area contributed by atoms with Crippen LogP contribution in [0.5, 0.6) is 11.5 Å². The molecule has 0 amide bonds. The van der Waals surface area contributed by atoms with Crippen molar-refractivity contribution in [3.8, 4) is 11.5 Å². The SMILES string of the molecule is OC[C@@H]1O[C@H]1COc1ccccc1OCc1ccccc1. The predicted octanol–water partition coefficient (Wildman–Crippen LogP) is 2.40. The van der Waals surface area contributed by atoms with Gasteiger partial charge in [-0.25, -0.2) is 0 Å². The molecule has 1 N–H and O–H groups in total. The average Bonchev–Trinajstić information content (AvgIpc) is 3.31. The molecule has 1 aliphatic heterocycles. The second kappa shape index (κ2) is 6.61. The molecule has 3 rings (SSSR count). The summed E-state index contributed by atoms with van der Waals surface area (Å²) in [6.45, 7) is 0.970. The summed E-state index contributed by atoms with van der Waals surface area (Å²) in [6, 6.07) is 17.6. The molecule has 0 saturated carbocycles. The average molecular weight is 286 g/mol. The van der Waals surface area contributed by atoms with E-state index >= 15 is 0 Å². The zero-order chi connectivity index (χ0) is 14.5. The topological polar surface area (TPSA) is 51.2 Å². The number of aliphatic hydroxyl groups excluding tert-OH is 1. The van der Waals surface area contributed by atoms with Crippen molar-refractivity contribution in [1.29, 1.82) is 0 Å². The van der Waals surface area contributed by atoms with Gasteiger partial charge >= 0.3 is 0 Å². The fraction of sp³-hybridized carbons (Fsp3) is 0.294. The molecule has 4 heteroatoms. The maximum absolute atomic E-state index is 8.93. The Morgan fingerprint density at radius 1 is 0.857 bits per heavy atom. The summed E-state index contributed by atoms with van der Waals surface area (Å²) >= 11 is 0. The summed E-state index contributed by atoms with van der Waals surface area (Å²) in [5, 5.41) is 8.93. The van der Waals surface area contributed by atoms with E-state index < -0.39 is 0 Å². The van der Waals surface area contributed by atoms with E-state index in [0.29, 0.717) is 24.7 Å². The highest BCUT2D eigenvalue weighted by Crippen LogP contribution is 2.29. The van der Waals surface area contributed by atoms with Gasteiger partial charge in [0.05, 0.1) is 6.61 Å². The fourth-order valence-electron chi connectivity index (χ4n) is 2.08. The molecular weight excluding hydrogens is 268 g/mol. The Balaban J connectivity index is 1.57. The third kappa shape index (κ3) is 3.74. The van der Waals surface area contributed by atoms with Crippen molar-refractivity contribution >= 4 is 0 Å².